The lowest BCUT2D eigenvalue weighted by Gasteiger charge is -2.37. The highest BCUT2D eigenvalue weighted by Crippen LogP contribution is 2.29. The van der Waals surface area contributed by atoms with Crippen molar-refractivity contribution in [3.8, 4) is 0 Å². The highest BCUT2D eigenvalue weighted by atomic mass is 16.4. The maximum atomic E-state index is 12.7. The molecule has 1 saturated carbocycles. The molecule has 0 bridgehead atoms. The maximum Gasteiger partial charge on any atom is 0.326 e. The van der Waals surface area contributed by atoms with E-state index in [0.29, 0.717) is 5.92 Å². The highest BCUT2D eigenvalue weighted by molar-refractivity contribution is 5.87. The van der Waals surface area contributed by atoms with Gasteiger partial charge in [0.25, 0.3) is 0 Å². The van der Waals surface area contributed by atoms with E-state index in [4.69, 9.17) is 0 Å². The standard InChI is InChI=1S/C17H32N2O3/c1-17(2,3)14(16(21)22)19(5)15(20)13(18-4)11-12-9-7-6-8-10-12/h12-14,18H,6-11H2,1-5H3,(H,21,22)/t13-,14?/m0/s1. The fourth-order valence-corrected chi connectivity index (χ4v) is 3.59. The smallest absolute Gasteiger partial charge is 0.326 e. The Morgan fingerprint density at radius 1 is 1.23 bits per heavy atom. The van der Waals surface area contributed by atoms with E-state index in [-0.39, 0.29) is 11.9 Å². The fourth-order valence-electron chi connectivity index (χ4n) is 3.59. The van der Waals surface area contributed by atoms with Crippen LogP contribution in [0.2, 0.25) is 0 Å². The van der Waals surface area contributed by atoms with E-state index in [0.717, 1.165) is 6.42 Å². The number of rotatable bonds is 6. The van der Waals surface area contributed by atoms with Gasteiger partial charge >= 0.3 is 5.97 Å². The summed E-state index contributed by atoms with van der Waals surface area (Å²) in [5, 5.41) is 12.6. The van der Waals surface area contributed by atoms with Crippen LogP contribution in [0.1, 0.15) is 59.3 Å². The van der Waals surface area contributed by atoms with Crippen molar-refractivity contribution in [2.45, 2.75) is 71.4 Å². The molecule has 5 nitrogen and oxygen atoms in total. The van der Waals surface area contributed by atoms with E-state index >= 15 is 0 Å². The van der Waals surface area contributed by atoms with Crippen molar-refractivity contribution in [1.82, 2.24) is 10.2 Å². The number of aliphatic carboxylic acids is 1. The lowest BCUT2D eigenvalue weighted by molar-refractivity contribution is -0.154. The first-order valence-corrected chi connectivity index (χ1v) is 8.35. The number of nitrogens with zero attached hydrogens (tertiary/aromatic N) is 1. The SMILES string of the molecule is CN[C@@H](CC1CCCCC1)C(=O)N(C)C(C(=O)O)C(C)(C)C. The number of likely N-dealkylation sites (N-methyl/N-ethyl adjacent to an activating group) is 2. The largest absolute Gasteiger partial charge is 0.480 e. The molecule has 1 unspecified atom stereocenters. The molecule has 0 radical (unpaired) electrons. The quantitative estimate of drug-likeness (QED) is 0.790. The van der Waals surface area contributed by atoms with Crippen LogP contribution >= 0.6 is 0 Å². The number of carbonyl (C=O) groups is 2. The predicted molar refractivity (Wildman–Crippen MR) is 87.7 cm³/mol. The Kier molecular flexibility index (Phi) is 6.85. The van der Waals surface area contributed by atoms with Crippen LogP contribution in [0.5, 0.6) is 0 Å². The molecule has 1 amide bonds. The van der Waals surface area contributed by atoms with Crippen LogP contribution in [0.4, 0.5) is 0 Å². The van der Waals surface area contributed by atoms with Gasteiger partial charge in [0.15, 0.2) is 0 Å². The minimum atomic E-state index is -0.948. The number of nitrogens with one attached hydrogen (secondary N) is 1. The van der Waals surface area contributed by atoms with Crippen LogP contribution in [0.3, 0.4) is 0 Å². The molecule has 0 aliphatic heterocycles. The van der Waals surface area contributed by atoms with Gasteiger partial charge in [-0.1, -0.05) is 52.9 Å². The van der Waals surface area contributed by atoms with Gasteiger partial charge in [0, 0.05) is 7.05 Å². The zero-order chi connectivity index (χ0) is 16.9. The van der Waals surface area contributed by atoms with Crippen LogP contribution in [0, 0.1) is 11.3 Å². The van der Waals surface area contributed by atoms with E-state index in [2.05, 4.69) is 5.32 Å². The highest BCUT2D eigenvalue weighted by Gasteiger charge is 2.39. The van der Waals surface area contributed by atoms with Crippen molar-refractivity contribution in [2.24, 2.45) is 11.3 Å². The average molecular weight is 312 g/mol. The molecule has 0 spiro atoms. The van der Waals surface area contributed by atoms with Crippen LogP contribution < -0.4 is 5.32 Å². The number of amides is 1. The fraction of sp³-hybridized carbons (Fsp3) is 0.882. The summed E-state index contributed by atoms with van der Waals surface area (Å²) in [4.78, 5) is 25.7. The molecule has 0 aromatic rings. The zero-order valence-electron chi connectivity index (χ0n) is 14.7. The van der Waals surface area contributed by atoms with E-state index in [9.17, 15) is 14.7 Å². The van der Waals surface area contributed by atoms with Gasteiger partial charge < -0.3 is 15.3 Å². The Hall–Kier alpha value is -1.10. The van der Waals surface area contributed by atoms with Crippen LogP contribution in [0.25, 0.3) is 0 Å². The molecule has 22 heavy (non-hydrogen) atoms. The number of carboxylic acid groups (broad SMARTS) is 1. The second-order valence-corrected chi connectivity index (χ2v) is 7.64. The summed E-state index contributed by atoms with van der Waals surface area (Å²) in [6.07, 6.45) is 6.93. The minimum Gasteiger partial charge on any atom is -0.480 e. The summed E-state index contributed by atoms with van der Waals surface area (Å²) in [7, 11) is 3.39. The second-order valence-electron chi connectivity index (χ2n) is 7.64. The molecule has 0 saturated heterocycles. The van der Waals surface area contributed by atoms with Crippen molar-refractivity contribution in [3.63, 3.8) is 0 Å². The van der Waals surface area contributed by atoms with Gasteiger partial charge in [0.1, 0.15) is 6.04 Å². The van der Waals surface area contributed by atoms with Gasteiger partial charge in [-0.15, -0.1) is 0 Å². The summed E-state index contributed by atoms with van der Waals surface area (Å²) >= 11 is 0. The van der Waals surface area contributed by atoms with E-state index in [1.165, 1.54) is 37.0 Å². The number of hydrogen-bond donors (Lipinski definition) is 2. The summed E-state index contributed by atoms with van der Waals surface area (Å²) in [6.45, 7) is 5.56. The van der Waals surface area contributed by atoms with Crippen molar-refractivity contribution >= 4 is 11.9 Å². The Morgan fingerprint density at radius 3 is 2.18 bits per heavy atom. The first-order valence-electron chi connectivity index (χ1n) is 8.35. The summed E-state index contributed by atoms with van der Waals surface area (Å²) in [6, 6.07) is -1.11. The van der Waals surface area contributed by atoms with Crippen molar-refractivity contribution in [1.29, 1.82) is 0 Å². The Balaban J connectivity index is 2.78. The van der Waals surface area contributed by atoms with Gasteiger partial charge in [0.2, 0.25) is 5.91 Å². The van der Waals surface area contributed by atoms with Crippen LogP contribution in [-0.2, 0) is 9.59 Å². The third-order valence-corrected chi connectivity index (χ3v) is 4.73. The molecule has 1 rings (SSSR count). The monoisotopic (exact) mass is 312 g/mol. The average Bonchev–Trinajstić information content (AvgIpc) is 2.43. The normalized spacial score (nSPS) is 19.5. The van der Waals surface area contributed by atoms with E-state index in [1.807, 2.05) is 20.8 Å². The Bertz CT molecular complexity index is 384. The van der Waals surface area contributed by atoms with E-state index < -0.39 is 17.4 Å². The minimum absolute atomic E-state index is 0.115. The second kappa shape index (κ2) is 7.95. The zero-order valence-corrected chi connectivity index (χ0v) is 14.7. The third-order valence-electron chi connectivity index (χ3n) is 4.73. The molecule has 5 heteroatoms. The molecule has 1 fully saturated rings. The summed E-state index contributed by atoms with van der Waals surface area (Å²) in [5.74, 6) is -0.493. The Morgan fingerprint density at radius 2 is 1.77 bits per heavy atom. The molecule has 128 valence electrons. The molecule has 2 atom stereocenters. The third kappa shape index (κ3) is 4.97. The Labute approximate surface area is 134 Å². The molecule has 0 heterocycles. The maximum absolute atomic E-state index is 12.7. The van der Waals surface area contributed by atoms with Crippen molar-refractivity contribution < 1.29 is 14.7 Å². The predicted octanol–water partition coefficient (Wildman–Crippen LogP) is 2.50. The van der Waals surface area contributed by atoms with E-state index in [1.54, 1.807) is 14.1 Å². The van der Waals surface area contributed by atoms with Crippen LogP contribution in [0.15, 0.2) is 0 Å². The molecule has 1 aliphatic carbocycles. The van der Waals surface area contributed by atoms with Crippen molar-refractivity contribution in [2.75, 3.05) is 14.1 Å². The van der Waals surface area contributed by atoms with Gasteiger partial charge in [-0.2, -0.15) is 0 Å². The molecule has 1 aliphatic rings. The lowest BCUT2D eigenvalue weighted by Crippen LogP contribution is -2.55. The van der Waals surface area contributed by atoms with Gasteiger partial charge in [0.05, 0.1) is 6.04 Å². The van der Waals surface area contributed by atoms with Gasteiger partial charge in [-0.3, -0.25) is 4.79 Å². The molecule has 0 aromatic carbocycles. The molecular weight excluding hydrogens is 280 g/mol. The topological polar surface area (TPSA) is 69.6 Å². The van der Waals surface area contributed by atoms with Crippen LogP contribution in [-0.4, -0.2) is 48.1 Å². The molecule has 2 N–H and O–H groups in total. The lowest BCUT2D eigenvalue weighted by atomic mass is 9.83. The number of carboxylic acids is 1. The first kappa shape index (κ1) is 18.9. The van der Waals surface area contributed by atoms with Crippen molar-refractivity contribution in [3.05, 3.63) is 0 Å². The number of carbonyl (C=O) groups excluding carboxylic acids is 1. The first-order chi connectivity index (χ1) is 10.2. The summed E-state index contributed by atoms with van der Waals surface area (Å²) in [5.41, 5.74) is -0.501. The van der Waals surface area contributed by atoms with Gasteiger partial charge in [-0.25, -0.2) is 4.79 Å². The van der Waals surface area contributed by atoms with Gasteiger partial charge in [-0.05, 0) is 24.8 Å². The molecular formula is C17H32N2O3. The summed E-state index contributed by atoms with van der Waals surface area (Å²) < 4.78 is 0. The number of hydrogen-bond acceptors (Lipinski definition) is 3. The molecule has 0 aromatic heterocycles.